The first kappa shape index (κ1) is 25.4. The molecule has 2 aromatic heterocycles. The molecule has 2 unspecified atom stereocenters. The number of carbonyl (C=O) groups excluding carboxylic acids is 1. The summed E-state index contributed by atoms with van der Waals surface area (Å²) in [5.74, 6) is 0.434. The van der Waals surface area contributed by atoms with Gasteiger partial charge in [-0.1, -0.05) is 18.2 Å². The Morgan fingerprint density at radius 1 is 1.11 bits per heavy atom. The summed E-state index contributed by atoms with van der Waals surface area (Å²) in [7, 11) is 2.04. The second-order valence-electron chi connectivity index (χ2n) is 9.48. The van der Waals surface area contributed by atoms with Crippen molar-refractivity contribution in [3.8, 4) is 11.3 Å². The van der Waals surface area contributed by atoms with E-state index in [0.717, 1.165) is 48.4 Å². The molecule has 0 radical (unpaired) electrons. The van der Waals surface area contributed by atoms with Crippen LogP contribution >= 0.6 is 0 Å². The summed E-state index contributed by atoms with van der Waals surface area (Å²) in [6.07, 6.45) is 5.57. The second-order valence-corrected chi connectivity index (χ2v) is 9.48. The highest BCUT2D eigenvalue weighted by Gasteiger charge is 2.23. The number of likely N-dealkylation sites (N-methyl/N-ethyl adjacent to an activating group) is 1. The second kappa shape index (κ2) is 11.5. The van der Waals surface area contributed by atoms with Gasteiger partial charge in [0, 0.05) is 53.7 Å². The molecule has 1 aliphatic rings. The molecule has 0 spiro atoms. The molecule has 4 aromatic rings. The molecule has 8 nitrogen and oxygen atoms in total. The number of alkyl halides is 1. The van der Waals surface area contributed by atoms with Crippen LogP contribution in [0.3, 0.4) is 0 Å². The number of benzene rings is 2. The quantitative estimate of drug-likeness (QED) is 0.238. The number of hydrogen-bond acceptors (Lipinski definition) is 7. The van der Waals surface area contributed by atoms with Gasteiger partial charge < -0.3 is 10.2 Å². The molecular formula is C29H30FN7O. The Bertz CT molecular complexity index is 1380. The molecule has 38 heavy (non-hydrogen) atoms. The summed E-state index contributed by atoms with van der Waals surface area (Å²) < 4.78 is 14.9. The van der Waals surface area contributed by atoms with Crippen LogP contribution in [0, 0.1) is 6.92 Å². The van der Waals surface area contributed by atoms with E-state index >= 15 is 0 Å². The fourth-order valence-corrected chi connectivity index (χ4v) is 4.56. The maximum Gasteiger partial charge on any atom is 0.227 e. The van der Waals surface area contributed by atoms with E-state index in [1.54, 1.807) is 42.9 Å². The van der Waals surface area contributed by atoms with Crippen molar-refractivity contribution in [3.05, 3.63) is 90.4 Å². The van der Waals surface area contributed by atoms with Gasteiger partial charge in [0.05, 0.1) is 11.4 Å². The highest BCUT2D eigenvalue weighted by Crippen LogP contribution is 2.31. The Morgan fingerprint density at radius 2 is 1.92 bits per heavy atom. The van der Waals surface area contributed by atoms with Crippen LogP contribution in [0.5, 0.6) is 0 Å². The number of pyridine rings is 1. The van der Waals surface area contributed by atoms with E-state index in [1.165, 1.54) is 4.90 Å². The average Bonchev–Trinajstić information content (AvgIpc) is 3.36. The van der Waals surface area contributed by atoms with Crippen LogP contribution in [0.25, 0.3) is 11.3 Å². The molecule has 2 N–H and O–H groups in total. The number of nitrogens with zero attached hydrogens (tertiary/aromatic N) is 5. The van der Waals surface area contributed by atoms with Crippen LogP contribution in [0.2, 0.25) is 0 Å². The van der Waals surface area contributed by atoms with E-state index in [9.17, 15) is 9.18 Å². The number of hydrogen-bond donors (Lipinski definition) is 2. The topological polar surface area (TPSA) is 86.3 Å². The number of halogens is 1. The van der Waals surface area contributed by atoms with E-state index in [-0.39, 0.29) is 6.04 Å². The van der Waals surface area contributed by atoms with Crippen LogP contribution in [0.15, 0.2) is 79.3 Å². The number of nitrogens with one attached hydrogen (secondary N) is 2. The van der Waals surface area contributed by atoms with Gasteiger partial charge in [0.1, 0.15) is 0 Å². The average molecular weight is 512 g/mol. The van der Waals surface area contributed by atoms with Gasteiger partial charge in [0.2, 0.25) is 12.4 Å². The number of likely N-dealkylation sites (tertiary alicyclic amines) is 1. The molecule has 3 heterocycles. The summed E-state index contributed by atoms with van der Waals surface area (Å²) in [6.45, 7) is 3.76. The summed E-state index contributed by atoms with van der Waals surface area (Å²) in [6, 6.07) is 18.4. The molecule has 2 aromatic carbocycles. The van der Waals surface area contributed by atoms with Crippen molar-refractivity contribution in [1.29, 1.82) is 0 Å². The van der Waals surface area contributed by atoms with E-state index in [0.29, 0.717) is 22.9 Å². The third-order valence-electron chi connectivity index (χ3n) is 6.70. The smallest absolute Gasteiger partial charge is 0.227 e. The van der Waals surface area contributed by atoms with Gasteiger partial charge >= 0.3 is 0 Å². The summed E-state index contributed by atoms with van der Waals surface area (Å²) in [4.78, 5) is 28.9. The van der Waals surface area contributed by atoms with E-state index in [2.05, 4.69) is 30.5 Å². The van der Waals surface area contributed by atoms with Crippen molar-refractivity contribution in [2.45, 2.75) is 25.7 Å². The highest BCUT2D eigenvalue weighted by molar-refractivity contribution is 5.88. The lowest BCUT2D eigenvalue weighted by molar-refractivity contribution is -0.106. The number of aryl methyl sites for hydroxylation is 1. The molecule has 0 saturated carbocycles. The normalized spacial score (nSPS) is 16.2. The van der Waals surface area contributed by atoms with Crippen molar-refractivity contribution >= 4 is 29.4 Å². The molecule has 5 rings (SSSR count). The van der Waals surface area contributed by atoms with Gasteiger partial charge in [-0.3, -0.25) is 20.0 Å². The lowest BCUT2D eigenvalue weighted by atomic mass is 10.1. The minimum absolute atomic E-state index is 0.133. The number of carbonyl (C=O) groups is 1. The lowest BCUT2D eigenvalue weighted by Crippen LogP contribution is -2.33. The van der Waals surface area contributed by atoms with Crippen LogP contribution in [-0.2, 0) is 4.79 Å². The molecular weight excluding hydrogens is 481 g/mol. The molecule has 1 fully saturated rings. The number of anilines is 4. The predicted molar refractivity (Wildman–Crippen MR) is 147 cm³/mol. The van der Waals surface area contributed by atoms with E-state index < -0.39 is 6.30 Å². The van der Waals surface area contributed by atoms with Crippen LogP contribution in [0.4, 0.5) is 27.4 Å². The minimum atomic E-state index is -1.26. The third kappa shape index (κ3) is 5.85. The van der Waals surface area contributed by atoms with Gasteiger partial charge in [-0.15, -0.1) is 0 Å². The zero-order valence-electron chi connectivity index (χ0n) is 21.4. The molecule has 2 atom stereocenters. The first-order valence-electron chi connectivity index (χ1n) is 12.5. The molecule has 0 aliphatic carbocycles. The highest BCUT2D eigenvalue weighted by atomic mass is 19.1. The maximum absolute atomic E-state index is 14.9. The first-order chi connectivity index (χ1) is 18.5. The zero-order valence-corrected chi connectivity index (χ0v) is 21.4. The lowest BCUT2D eigenvalue weighted by Gasteiger charge is -2.21. The van der Waals surface area contributed by atoms with Gasteiger partial charge in [0.15, 0.2) is 6.30 Å². The molecule has 0 bridgehead atoms. The monoisotopic (exact) mass is 511 g/mol. The maximum atomic E-state index is 14.9. The SMILES string of the molecule is Cc1ccc(N(C=O)c2ccc(C(F)NC3CCN(C)C3)cc2)cc1Nc1nccc(-c2cccnc2)n1. The molecule has 1 aliphatic heterocycles. The van der Waals surface area contributed by atoms with E-state index in [4.69, 9.17) is 0 Å². The van der Waals surface area contributed by atoms with E-state index in [1.807, 2.05) is 50.4 Å². The Balaban J connectivity index is 1.32. The van der Waals surface area contributed by atoms with Crippen molar-refractivity contribution in [2.75, 3.05) is 30.4 Å². The van der Waals surface area contributed by atoms with Crippen LogP contribution < -0.4 is 15.5 Å². The molecule has 9 heteroatoms. The standard InChI is InChI=1S/C29H30FN7O/c1-20-5-8-25(16-27(20)35-29-32-14-11-26(34-29)22-4-3-13-31-17-22)37(19-38)24-9-6-21(7-10-24)28(30)33-23-12-15-36(2)18-23/h3-11,13-14,16-17,19,23,28,33H,12,15,18H2,1-2H3,(H,32,34,35). The Kier molecular flexibility index (Phi) is 7.67. The summed E-state index contributed by atoms with van der Waals surface area (Å²) >= 11 is 0. The fourth-order valence-electron chi connectivity index (χ4n) is 4.56. The van der Waals surface area contributed by atoms with Gasteiger partial charge in [0.25, 0.3) is 0 Å². The van der Waals surface area contributed by atoms with Crippen LogP contribution in [-0.4, -0.2) is 52.4 Å². The Hall–Kier alpha value is -4.21. The van der Waals surface area contributed by atoms with Crippen molar-refractivity contribution in [1.82, 2.24) is 25.2 Å². The summed E-state index contributed by atoms with van der Waals surface area (Å²) in [5.41, 5.74) is 5.21. The van der Waals surface area contributed by atoms with Crippen molar-refractivity contribution < 1.29 is 9.18 Å². The molecule has 194 valence electrons. The van der Waals surface area contributed by atoms with Crippen molar-refractivity contribution in [3.63, 3.8) is 0 Å². The molecule has 1 saturated heterocycles. The van der Waals surface area contributed by atoms with Crippen molar-refractivity contribution in [2.24, 2.45) is 0 Å². The fraction of sp³-hybridized carbons (Fsp3) is 0.241. The van der Waals surface area contributed by atoms with Gasteiger partial charge in [-0.05, 0) is 75.0 Å². The largest absolute Gasteiger partial charge is 0.324 e. The minimum Gasteiger partial charge on any atom is -0.324 e. The Morgan fingerprint density at radius 3 is 2.63 bits per heavy atom. The zero-order chi connectivity index (χ0) is 26.5. The Labute approximate surface area is 221 Å². The van der Waals surface area contributed by atoms with Gasteiger partial charge in [-0.25, -0.2) is 14.4 Å². The molecule has 1 amide bonds. The third-order valence-corrected chi connectivity index (χ3v) is 6.70. The number of amides is 1. The number of aromatic nitrogens is 3. The van der Waals surface area contributed by atoms with Crippen LogP contribution in [0.1, 0.15) is 23.8 Å². The summed E-state index contributed by atoms with van der Waals surface area (Å²) in [5, 5.41) is 6.32. The number of rotatable bonds is 9. The first-order valence-corrected chi connectivity index (χ1v) is 12.5. The van der Waals surface area contributed by atoms with Gasteiger partial charge in [-0.2, -0.15) is 0 Å². The predicted octanol–water partition coefficient (Wildman–Crippen LogP) is 5.15.